The fraction of sp³-hybridized carbons (Fsp3) is 0.577. The van der Waals surface area contributed by atoms with Crippen LogP contribution in [-0.4, -0.2) is 73.8 Å². The number of carbonyl (C=O) groups excluding carboxylic acids is 5. The molecule has 40 heavy (non-hydrogen) atoms. The van der Waals surface area contributed by atoms with Crippen LogP contribution in [0.2, 0.25) is 0 Å². The molecule has 226 valence electrons. The first-order chi connectivity index (χ1) is 18.9. The van der Waals surface area contributed by atoms with Crippen LogP contribution < -0.4 is 38.1 Å². The van der Waals surface area contributed by atoms with Gasteiger partial charge in [0, 0.05) is 30.8 Å². The first-order valence-corrected chi connectivity index (χ1v) is 13.1. The molecule has 0 saturated carbocycles. The topological polar surface area (TPSA) is 227 Å². The summed E-state index contributed by atoms with van der Waals surface area (Å²) in [5.74, 6) is -1.61. The fourth-order valence-corrected chi connectivity index (χ4v) is 2.76. The predicted molar refractivity (Wildman–Crippen MR) is 151 cm³/mol. The van der Waals surface area contributed by atoms with Crippen LogP contribution >= 0.6 is 0 Å². The summed E-state index contributed by atoms with van der Waals surface area (Å²) in [6.07, 6.45) is 1.17. The zero-order valence-corrected chi connectivity index (χ0v) is 23.8. The number of urea groups is 1. The third-order valence-electron chi connectivity index (χ3n) is 4.98. The van der Waals surface area contributed by atoms with Crippen molar-refractivity contribution < 1.29 is 33.8 Å². The minimum absolute atomic E-state index is 0.000318. The highest BCUT2D eigenvalue weighted by Crippen LogP contribution is 2.13. The SMILES string of the molecule is CC(C)(CO)CNC(=O)OCc1ccc(NC(=O)[C@H](CCCNC(N)=O)NC(=O)CNC(=O)CN)cc1.CCC. The van der Waals surface area contributed by atoms with Crippen molar-refractivity contribution in [2.45, 2.75) is 59.6 Å². The van der Waals surface area contributed by atoms with Crippen molar-refractivity contribution >= 4 is 35.5 Å². The minimum Gasteiger partial charge on any atom is -0.445 e. The molecule has 0 radical (unpaired) electrons. The second kappa shape index (κ2) is 20.1. The summed E-state index contributed by atoms with van der Waals surface area (Å²) < 4.78 is 5.15. The van der Waals surface area contributed by atoms with Crippen LogP contribution in [0.1, 0.15) is 52.5 Å². The van der Waals surface area contributed by atoms with Gasteiger partial charge in [-0.2, -0.15) is 0 Å². The average Bonchev–Trinajstić information content (AvgIpc) is 2.92. The molecule has 1 aromatic carbocycles. The summed E-state index contributed by atoms with van der Waals surface area (Å²) in [6, 6.07) is 4.88. The van der Waals surface area contributed by atoms with E-state index in [0.29, 0.717) is 17.7 Å². The first-order valence-electron chi connectivity index (χ1n) is 13.1. The first kappa shape index (κ1) is 36.1. The quantitative estimate of drug-likeness (QED) is 0.137. The van der Waals surface area contributed by atoms with E-state index in [-0.39, 0.29) is 45.8 Å². The molecule has 0 spiro atoms. The van der Waals surface area contributed by atoms with Gasteiger partial charge in [-0.15, -0.1) is 0 Å². The summed E-state index contributed by atoms with van der Waals surface area (Å²) in [5, 5.41) is 21.8. The van der Waals surface area contributed by atoms with Crippen molar-refractivity contribution in [1.29, 1.82) is 0 Å². The lowest BCUT2D eigenvalue weighted by Crippen LogP contribution is -2.48. The maximum Gasteiger partial charge on any atom is 0.407 e. The van der Waals surface area contributed by atoms with E-state index >= 15 is 0 Å². The number of nitrogens with two attached hydrogens (primary N) is 2. The number of hydrogen-bond acceptors (Lipinski definition) is 8. The van der Waals surface area contributed by atoms with Crippen molar-refractivity contribution in [3.05, 3.63) is 29.8 Å². The van der Waals surface area contributed by atoms with E-state index in [4.69, 9.17) is 16.2 Å². The molecule has 0 aromatic heterocycles. The normalized spacial score (nSPS) is 11.2. The molecule has 0 aliphatic carbocycles. The molecule has 1 atom stereocenters. The molecule has 0 heterocycles. The molecule has 6 amide bonds. The van der Waals surface area contributed by atoms with E-state index in [0.717, 1.165) is 0 Å². The zero-order valence-electron chi connectivity index (χ0n) is 23.8. The number of primary amides is 1. The Hall–Kier alpha value is -3.91. The fourth-order valence-electron chi connectivity index (χ4n) is 2.76. The van der Waals surface area contributed by atoms with Gasteiger partial charge in [-0.1, -0.05) is 46.2 Å². The van der Waals surface area contributed by atoms with Gasteiger partial charge in [0.15, 0.2) is 0 Å². The van der Waals surface area contributed by atoms with Gasteiger partial charge in [-0.3, -0.25) is 14.4 Å². The smallest absolute Gasteiger partial charge is 0.407 e. The second-order valence-corrected chi connectivity index (χ2v) is 9.68. The summed E-state index contributed by atoms with van der Waals surface area (Å²) in [4.78, 5) is 58.9. The number of hydrogen-bond donors (Lipinski definition) is 8. The molecule has 1 rings (SSSR count). The van der Waals surface area contributed by atoms with Crippen molar-refractivity contribution in [2.24, 2.45) is 16.9 Å². The van der Waals surface area contributed by atoms with E-state index in [2.05, 4.69) is 40.4 Å². The summed E-state index contributed by atoms with van der Waals surface area (Å²) >= 11 is 0. The standard InChI is InChI=1S/C23H37N7O7.C3H8/c1-23(2,14-31)13-28-22(36)37-12-15-5-7-16(8-6-15)29-20(34)17(4-3-9-26-21(25)35)30-19(33)11-27-18(32)10-24;1-3-2/h5-8,17,31H,3-4,9-14,24H2,1-2H3,(H,27,32)(H,28,36)(H,29,34)(H,30,33)(H3,25,26,35);3H2,1-2H3/t17-;/m0./s1. The van der Waals surface area contributed by atoms with Gasteiger partial charge in [0.2, 0.25) is 17.7 Å². The van der Waals surface area contributed by atoms with Crippen LogP contribution in [0.4, 0.5) is 15.3 Å². The third kappa shape index (κ3) is 17.6. The van der Waals surface area contributed by atoms with E-state index < -0.39 is 41.3 Å². The highest BCUT2D eigenvalue weighted by Gasteiger charge is 2.21. The highest BCUT2D eigenvalue weighted by atomic mass is 16.5. The summed E-state index contributed by atoms with van der Waals surface area (Å²) in [6.45, 7) is 7.60. The Morgan fingerprint density at radius 2 is 1.62 bits per heavy atom. The number of benzene rings is 1. The Kier molecular flexibility index (Phi) is 18.1. The monoisotopic (exact) mass is 567 g/mol. The molecule has 0 unspecified atom stereocenters. The minimum atomic E-state index is -0.952. The molecular weight excluding hydrogens is 522 g/mol. The molecule has 0 saturated heterocycles. The Morgan fingerprint density at radius 1 is 1.00 bits per heavy atom. The number of carbonyl (C=O) groups is 5. The summed E-state index contributed by atoms with van der Waals surface area (Å²) in [7, 11) is 0. The van der Waals surface area contributed by atoms with E-state index in [1.54, 1.807) is 38.1 Å². The number of aliphatic hydroxyl groups is 1. The lowest BCUT2D eigenvalue weighted by Gasteiger charge is -2.21. The van der Waals surface area contributed by atoms with Crippen LogP contribution in [0, 0.1) is 5.41 Å². The second-order valence-electron chi connectivity index (χ2n) is 9.68. The van der Waals surface area contributed by atoms with Gasteiger partial charge >= 0.3 is 12.1 Å². The molecule has 0 aliphatic rings. The molecule has 10 N–H and O–H groups in total. The van der Waals surface area contributed by atoms with Crippen molar-refractivity contribution in [3.63, 3.8) is 0 Å². The molecule has 0 aliphatic heterocycles. The molecule has 0 fully saturated rings. The van der Waals surface area contributed by atoms with Crippen molar-refractivity contribution in [1.82, 2.24) is 21.3 Å². The van der Waals surface area contributed by atoms with Crippen LogP contribution in [0.15, 0.2) is 24.3 Å². The van der Waals surface area contributed by atoms with Gasteiger partial charge in [-0.05, 0) is 30.5 Å². The maximum absolute atomic E-state index is 12.8. The molecular formula is C26H45N7O7. The Labute approximate surface area is 235 Å². The van der Waals surface area contributed by atoms with Crippen LogP contribution in [0.3, 0.4) is 0 Å². The number of anilines is 1. The Balaban J connectivity index is 0.00000483. The third-order valence-corrected chi connectivity index (χ3v) is 4.98. The van der Waals surface area contributed by atoms with Crippen molar-refractivity contribution in [2.75, 3.05) is 38.1 Å². The van der Waals surface area contributed by atoms with Crippen molar-refractivity contribution in [3.8, 4) is 0 Å². The molecule has 0 bridgehead atoms. The van der Waals surface area contributed by atoms with Gasteiger partial charge in [0.05, 0.1) is 13.1 Å². The lowest BCUT2D eigenvalue weighted by atomic mass is 9.95. The number of rotatable bonds is 15. The number of alkyl carbamates (subject to hydrolysis) is 1. The Morgan fingerprint density at radius 3 is 2.17 bits per heavy atom. The number of ether oxygens (including phenoxy) is 1. The highest BCUT2D eigenvalue weighted by molar-refractivity contribution is 5.97. The average molecular weight is 568 g/mol. The zero-order chi connectivity index (χ0) is 30.6. The van der Waals surface area contributed by atoms with Gasteiger partial charge in [0.25, 0.3) is 0 Å². The number of aliphatic hydroxyl groups excluding tert-OH is 1. The van der Waals surface area contributed by atoms with E-state index in [1.807, 2.05) is 0 Å². The molecule has 1 aromatic rings. The molecule has 14 nitrogen and oxygen atoms in total. The van der Waals surface area contributed by atoms with Crippen LogP contribution in [-0.2, 0) is 25.7 Å². The largest absolute Gasteiger partial charge is 0.445 e. The number of nitrogens with one attached hydrogen (secondary N) is 5. The van der Waals surface area contributed by atoms with E-state index in [1.165, 1.54) is 6.42 Å². The van der Waals surface area contributed by atoms with Crippen LogP contribution in [0.5, 0.6) is 0 Å². The maximum atomic E-state index is 12.8. The number of amides is 6. The van der Waals surface area contributed by atoms with Gasteiger partial charge in [0.1, 0.15) is 12.6 Å². The Bertz CT molecular complexity index is 940. The summed E-state index contributed by atoms with van der Waals surface area (Å²) in [5.41, 5.74) is 10.9. The molecule has 14 heteroatoms. The van der Waals surface area contributed by atoms with Gasteiger partial charge in [-0.25, -0.2) is 9.59 Å². The van der Waals surface area contributed by atoms with Crippen LogP contribution in [0.25, 0.3) is 0 Å². The van der Waals surface area contributed by atoms with Gasteiger partial charge < -0.3 is 47.9 Å². The lowest BCUT2D eigenvalue weighted by molar-refractivity contribution is -0.128. The van der Waals surface area contributed by atoms with E-state index in [9.17, 15) is 29.1 Å². The predicted octanol–water partition coefficient (Wildman–Crippen LogP) is 0.294.